The predicted octanol–water partition coefficient (Wildman–Crippen LogP) is 3.92. The Hall–Kier alpha value is -1.84. The lowest BCUT2D eigenvalue weighted by molar-refractivity contribution is -0.146. The van der Waals surface area contributed by atoms with E-state index in [2.05, 4.69) is 18.4 Å². The molecule has 1 unspecified atom stereocenters. The molecule has 1 atom stereocenters. The minimum Gasteiger partial charge on any atom is -0.465 e. The fraction of sp³-hybridized carbons (Fsp3) is 0.529. The number of nitrogens with zero attached hydrogens (tertiary/aromatic N) is 2. The minimum atomic E-state index is -0.334. The average Bonchev–Trinajstić information content (AvgIpc) is 2.77. The van der Waals surface area contributed by atoms with Crippen LogP contribution in [0, 0.1) is 5.92 Å². The molecule has 0 saturated heterocycles. The molecule has 0 fully saturated rings. The maximum atomic E-state index is 12.4. The highest BCUT2D eigenvalue weighted by Crippen LogP contribution is 2.31. The van der Waals surface area contributed by atoms with E-state index in [4.69, 9.17) is 9.72 Å². The van der Waals surface area contributed by atoms with Crippen molar-refractivity contribution in [3.05, 3.63) is 30.1 Å². The van der Waals surface area contributed by atoms with Gasteiger partial charge < -0.3 is 9.30 Å². The van der Waals surface area contributed by atoms with Crippen molar-refractivity contribution in [1.82, 2.24) is 9.55 Å². The smallest absolute Gasteiger partial charge is 0.316 e. The van der Waals surface area contributed by atoms with Gasteiger partial charge >= 0.3 is 5.97 Å². The number of rotatable bonds is 5. The Morgan fingerprint density at radius 1 is 1.24 bits per heavy atom. The van der Waals surface area contributed by atoms with Gasteiger partial charge in [0.25, 0.3) is 0 Å². The van der Waals surface area contributed by atoms with Crippen LogP contribution in [0.3, 0.4) is 0 Å². The zero-order valence-electron chi connectivity index (χ0n) is 13.5. The van der Waals surface area contributed by atoms with Gasteiger partial charge in [0.05, 0.1) is 17.6 Å². The van der Waals surface area contributed by atoms with Gasteiger partial charge in [-0.3, -0.25) is 4.79 Å². The molecule has 0 amide bonds. The second kappa shape index (κ2) is 6.29. The number of benzene rings is 1. The Balaban J connectivity index is 2.62. The maximum Gasteiger partial charge on any atom is 0.316 e. The molecule has 0 saturated carbocycles. The standard InChI is InChI=1S/C17H24N2O2/c1-6-21-17(20)15(11(2)3)16-18-13-9-7-8-10-14(13)19(16)12(4)5/h7-12,15H,6H2,1-5H3. The largest absolute Gasteiger partial charge is 0.465 e. The van der Waals surface area contributed by atoms with E-state index in [-0.39, 0.29) is 23.8 Å². The van der Waals surface area contributed by atoms with Gasteiger partial charge in [0.1, 0.15) is 11.7 Å². The molecule has 1 aromatic carbocycles. The molecule has 2 rings (SSSR count). The SMILES string of the molecule is CCOC(=O)C(c1nc2ccccc2n1C(C)C)C(C)C. The van der Waals surface area contributed by atoms with Crippen LogP contribution in [0.5, 0.6) is 0 Å². The van der Waals surface area contributed by atoms with Crippen molar-refractivity contribution in [2.24, 2.45) is 5.92 Å². The summed E-state index contributed by atoms with van der Waals surface area (Å²) >= 11 is 0. The van der Waals surface area contributed by atoms with Gasteiger partial charge in [0.15, 0.2) is 0 Å². The Morgan fingerprint density at radius 3 is 2.48 bits per heavy atom. The number of ether oxygens (including phenoxy) is 1. The summed E-state index contributed by atoms with van der Waals surface area (Å²) in [6.45, 7) is 10.5. The number of carbonyl (C=O) groups excluding carboxylic acids is 1. The second-order valence-corrected chi connectivity index (χ2v) is 5.90. The van der Waals surface area contributed by atoms with E-state index in [1.807, 2.05) is 45.0 Å². The first-order chi connectivity index (χ1) is 9.97. The third-order valence-electron chi connectivity index (χ3n) is 3.62. The molecule has 0 bridgehead atoms. The molecule has 4 heteroatoms. The van der Waals surface area contributed by atoms with Crippen LogP contribution in [0.4, 0.5) is 0 Å². The predicted molar refractivity (Wildman–Crippen MR) is 84.3 cm³/mol. The molecule has 1 heterocycles. The number of para-hydroxylation sites is 2. The average molecular weight is 288 g/mol. The van der Waals surface area contributed by atoms with E-state index in [0.717, 1.165) is 16.9 Å². The van der Waals surface area contributed by atoms with Crippen LogP contribution < -0.4 is 0 Å². The number of hydrogen-bond acceptors (Lipinski definition) is 3. The van der Waals surface area contributed by atoms with Crippen molar-refractivity contribution >= 4 is 17.0 Å². The molecule has 0 radical (unpaired) electrons. The zero-order chi connectivity index (χ0) is 15.6. The van der Waals surface area contributed by atoms with Crippen LogP contribution in [0.25, 0.3) is 11.0 Å². The van der Waals surface area contributed by atoms with Gasteiger partial charge in [-0.2, -0.15) is 0 Å². The Morgan fingerprint density at radius 2 is 1.90 bits per heavy atom. The van der Waals surface area contributed by atoms with Crippen molar-refractivity contribution in [3.8, 4) is 0 Å². The van der Waals surface area contributed by atoms with Gasteiger partial charge in [-0.15, -0.1) is 0 Å². The molecule has 1 aromatic heterocycles. The van der Waals surface area contributed by atoms with Crippen LogP contribution in [0.1, 0.15) is 52.4 Å². The molecule has 0 spiro atoms. The molecule has 0 N–H and O–H groups in total. The number of fused-ring (bicyclic) bond motifs is 1. The first-order valence-corrected chi connectivity index (χ1v) is 7.60. The van der Waals surface area contributed by atoms with Crippen LogP contribution in [-0.2, 0) is 9.53 Å². The first-order valence-electron chi connectivity index (χ1n) is 7.60. The lowest BCUT2D eigenvalue weighted by Crippen LogP contribution is -2.25. The molecular formula is C17H24N2O2. The van der Waals surface area contributed by atoms with Crippen molar-refractivity contribution in [2.75, 3.05) is 6.61 Å². The lowest BCUT2D eigenvalue weighted by atomic mass is 9.94. The van der Waals surface area contributed by atoms with E-state index in [0.29, 0.717) is 6.61 Å². The van der Waals surface area contributed by atoms with Crippen LogP contribution in [-0.4, -0.2) is 22.1 Å². The molecular weight excluding hydrogens is 264 g/mol. The zero-order valence-corrected chi connectivity index (χ0v) is 13.5. The molecule has 4 nitrogen and oxygen atoms in total. The molecule has 0 aliphatic carbocycles. The van der Waals surface area contributed by atoms with Crippen molar-refractivity contribution in [2.45, 2.75) is 46.6 Å². The number of hydrogen-bond donors (Lipinski definition) is 0. The third-order valence-corrected chi connectivity index (χ3v) is 3.62. The fourth-order valence-corrected chi connectivity index (χ4v) is 2.73. The van der Waals surface area contributed by atoms with Gasteiger partial charge in [0.2, 0.25) is 0 Å². The number of carbonyl (C=O) groups is 1. The summed E-state index contributed by atoms with van der Waals surface area (Å²) in [7, 11) is 0. The van der Waals surface area contributed by atoms with Gasteiger partial charge in [0, 0.05) is 6.04 Å². The lowest BCUT2D eigenvalue weighted by Gasteiger charge is -2.22. The van der Waals surface area contributed by atoms with E-state index in [1.165, 1.54) is 0 Å². The van der Waals surface area contributed by atoms with Crippen molar-refractivity contribution in [1.29, 1.82) is 0 Å². The quantitative estimate of drug-likeness (QED) is 0.783. The van der Waals surface area contributed by atoms with Gasteiger partial charge in [-0.25, -0.2) is 4.98 Å². The van der Waals surface area contributed by atoms with E-state index in [9.17, 15) is 4.79 Å². The fourth-order valence-electron chi connectivity index (χ4n) is 2.73. The highest BCUT2D eigenvalue weighted by atomic mass is 16.5. The minimum absolute atomic E-state index is 0.137. The Labute approximate surface area is 126 Å². The number of esters is 1. The maximum absolute atomic E-state index is 12.4. The molecule has 0 aliphatic rings. The van der Waals surface area contributed by atoms with E-state index < -0.39 is 0 Å². The molecule has 2 aromatic rings. The van der Waals surface area contributed by atoms with Gasteiger partial charge in [-0.1, -0.05) is 26.0 Å². The molecule has 0 aliphatic heterocycles. The summed E-state index contributed by atoms with van der Waals surface area (Å²) in [5, 5.41) is 0. The monoisotopic (exact) mass is 288 g/mol. The van der Waals surface area contributed by atoms with Crippen molar-refractivity contribution in [3.63, 3.8) is 0 Å². The summed E-state index contributed by atoms with van der Waals surface area (Å²) in [6.07, 6.45) is 0. The first kappa shape index (κ1) is 15.5. The van der Waals surface area contributed by atoms with Crippen LogP contribution in [0.15, 0.2) is 24.3 Å². The molecule has 114 valence electrons. The highest BCUT2D eigenvalue weighted by Gasteiger charge is 2.31. The van der Waals surface area contributed by atoms with Gasteiger partial charge in [-0.05, 0) is 38.8 Å². The number of aromatic nitrogens is 2. The summed E-state index contributed by atoms with van der Waals surface area (Å²) in [5.74, 6) is 0.419. The molecule has 21 heavy (non-hydrogen) atoms. The van der Waals surface area contributed by atoms with Crippen LogP contribution in [0.2, 0.25) is 0 Å². The topological polar surface area (TPSA) is 44.1 Å². The van der Waals surface area contributed by atoms with E-state index in [1.54, 1.807) is 0 Å². The van der Waals surface area contributed by atoms with Crippen LogP contribution >= 0.6 is 0 Å². The number of imidazole rings is 1. The van der Waals surface area contributed by atoms with Crippen molar-refractivity contribution < 1.29 is 9.53 Å². The summed E-state index contributed by atoms with van der Waals surface area (Å²) < 4.78 is 7.41. The highest BCUT2D eigenvalue weighted by molar-refractivity contribution is 5.81. The second-order valence-electron chi connectivity index (χ2n) is 5.90. The summed E-state index contributed by atoms with van der Waals surface area (Å²) in [4.78, 5) is 17.1. The third kappa shape index (κ3) is 2.94. The summed E-state index contributed by atoms with van der Waals surface area (Å²) in [5.41, 5.74) is 1.99. The Kier molecular flexibility index (Phi) is 4.66. The summed E-state index contributed by atoms with van der Waals surface area (Å²) in [6, 6.07) is 8.25. The van der Waals surface area contributed by atoms with E-state index >= 15 is 0 Å². The normalized spacial score (nSPS) is 13.1. The Bertz CT molecular complexity index is 629.